The number of carbonyl (C=O) groups is 3. The zero-order valence-electron chi connectivity index (χ0n) is 10.5. The highest BCUT2D eigenvalue weighted by Crippen LogP contribution is 2.11. The fourth-order valence-corrected chi connectivity index (χ4v) is 1.75. The molecule has 0 radical (unpaired) electrons. The third kappa shape index (κ3) is 3.78. The van der Waals surface area contributed by atoms with Gasteiger partial charge in [0.2, 0.25) is 11.8 Å². The fraction of sp³-hybridized carbons (Fsp3) is 0.308. The van der Waals surface area contributed by atoms with Crippen LogP contribution >= 0.6 is 0 Å². The van der Waals surface area contributed by atoms with Crippen molar-refractivity contribution in [3.63, 3.8) is 0 Å². The molecule has 0 aliphatic carbocycles. The van der Waals surface area contributed by atoms with Gasteiger partial charge in [-0.3, -0.25) is 19.7 Å². The summed E-state index contributed by atoms with van der Waals surface area (Å²) >= 11 is 0. The first-order chi connectivity index (χ1) is 9.54. The average molecular weight is 280 g/mol. The van der Waals surface area contributed by atoms with Gasteiger partial charge in [-0.1, -0.05) is 0 Å². The Morgan fingerprint density at radius 2 is 2.05 bits per heavy atom. The molecule has 1 atom stereocenters. The number of amides is 3. The molecule has 1 unspecified atom stereocenters. The van der Waals surface area contributed by atoms with Gasteiger partial charge in [0.25, 0.3) is 5.91 Å². The van der Waals surface area contributed by atoms with E-state index in [9.17, 15) is 18.8 Å². The molecular formula is C13H13FN2O4. The van der Waals surface area contributed by atoms with Crippen molar-refractivity contribution in [2.24, 2.45) is 0 Å². The molecule has 6 nitrogen and oxygen atoms in total. The maximum Gasteiger partial charge on any atom is 0.258 e. The molecule has 0 aromatic heterocycles. The number of ether oxygens (including phenoxy) is 1. The molecule has 106 valence electrons. The molecule has 0 saturated carbocycles. The molecule has 1 aromatic rings. The first-order valence-corrected chi connectivity index (χ1v) is 6.06. The normalized spacial score (nSPS) is 18.4. The molecule has 2 rings (SSSR count). The van der Waals surface area contributed by atoms with Gasteiger partial charge >= 0.3 is 0 Å². The van der Waals surface area contributed by atoms with Gasteiger partial charge < -0.3 is 10.1 Å². The van der Waals surface area contributed by atoms with Crippen LogP contribution in [0.1, 0.15) is 12.8 Å². The Morgan fingerprint density at radius 1 is 1.35 bits per heavy atom. The number of imide groups is 1. The molecule has 0 bridgehead atoms. The largest absolute Gasteiger partial charge is 0.484 e. The number of hydrogen-bond donors (Lipinski definition) is 2. The number of nitrogens with one attached hydrogen (secondary N) is 2. The molecule has 1 aromatic carbocycles. The van der Waals surface area contributed by atoms with Crippen molar-refractivity contribution in [3.8, 4) is 5.75 Å². The zero-order valence-corrected chi connectivity index (χ0v) is 10.5. The lowest BCUT2D eigenvalue weighted by atomic mass is 10.1. The molecule has 1 saturated heterocycles. The molecular weight excluding hydrogens is 267 g/mol. The fourth-order valence-electron chi connectivity index (χ4n) is 1.75. The number of carbonyl (C=O) groups excluding carboxylic acids is 3. The van der Waals surface area contributed by atoms with Crippen molar-refractivity contribution in [1.29, 1.82) is 0 Å². The zero-order chi connectivity index (χ0) is 14.5. The van der Waals surface area contributed by atoms with Gasteiger partial charge in [0.15, 0.2) is 6.61 Å². The van der Waals surface area contributed by atoms with E-state index in [-0.39, 0.29) is 25.4 Å². The van der Waals surface area contributed by atoms with E-state index < -0.39 is 23.7 Å². The molecule has 3 amide bonds. The highest BCUT2D eigenvalue weighted by Gasteiger charge is 2.27. The first kappa shape index (κ1) is 14.0. The molecule has 0 spiro atoms. The smallest absolute Gasteiger partial charge is 0.258 e. The summed E-state index contributed by atoms with van der Waals surface area (Å²) in [7, 11) is 0. The summed E-state index contributed by atoms with van der Waals surface area (Å²) in [6, 6.07) is 4.50. The van der Waals surface area contributed by atoms with Crippen LogP contribution < -0.4 is 15.4 Å². The summed E-state index contributed by atoms with van der Waals surface area (Å²) in [4.78, 5) is 34.0. The van der Waals surface area contributed by atoms with Gasteiger partial charge in [-0.05, 0) is 30.7 Å². The highest BCUT2D eigenvalue weighted by atomic mass is 19.1. The summed E-state index contributed by atoms with van der Waals surface area (Å²) in [5.74, 6) is -1.39. The van der Waals surface area contributed by atoms with Crippen LogP contribution in [-0.4, -0.2) is 30.4 Å². The van der Waals surface area contributed by atoms with Crippen molar-refractivity contribution < 1.29 is 23.5 Å². The van der Waals surface area contributed by atoms with Gasteiger partial charge in [-0.25, -0.2) is 4.39 Å². The summed E-state index contributed by atoms with van der Waals surface area (Å²) in [6.07, 6.45) is 0.461. The lowest BCUT2D eigenvalue weighted by Crippen LogP contribution is -2.53. The van der Waals surface area contributed by atoms with E-state index in [1.54, 1.807) is 0 Å². The van der Waals surface area contributed by atoms with Crippen LogP contribution in [0.5, 0.6) is 5.75 Å². The van der Waals surface area contributed by atoms with E-state index in [4.69, 9.17) is 4.74 Å². The van der Waals surface area contributed by atoms with E-state index >= 15 is 0 Å². The molecule has 1 aliphatic rings. The van der Waals surface area contributed by atoms with Gasteiger partial charge in [0.1, 0.15) is 17.6 Å². The molecule has 2 N–H and O–H groups in total. The standard InChI is InChI=1S/C13H13FN2O4/c14-8-1-3-9(4-2-8)20-7-12(18)15-10-5-6-11(17)16-13(10)19/h1-4,10H,5-7H2,(H,15,18)(H,16,17,19). The molecule has 1 heterocycles. The summed E-state index contributed by atoms with van der Waals surface area (Å²) in [5, 5.41) is 4.61. The minimum Gasteiger partial charge on any atom is -0.484 e. The lowest BCUT2D eigenvalue weighted by Gasteiger charge is -2.21. The molecule has 7 heteroatoms. The Labute approximate surface area is 114 Å². The van der Waals surface area contributed by atoms with Crippen LogP contribution in [0.2, 0.25) is 0 Å². The van der Waals surface area contributed by atoms with E-state index in [0.29, 0.717) is 5.75 Å². The van der Waals surface area contributed by atoms with Crippen molar-refractivity contribution in [3.05, 3.63) is 30.1 Å². The van der Waals surface area contributed by atoms with Crippen LogP contribution in [0, 0.1) is 5.82 Å². The number of piperidine rings is 1. The Morgan fingerprint density at radius 3 is 2.70 bits per heavy atom. The quantitative estimate of drug-likeness (QED) is 0.768. The second-order valence-electron chi connectivity index (χ2n) is 4.31. The predicted octanol–water partition coefficient (Wildman–Crippen LogP) is 0.126. The van der Waals surface area contributed by atoms with Crippen LogP contribution in [0.15, 0.2) is 24.3 Å². The Kier molecular flexibility index (Phi) is 4.29. The van der Waals surface area contributed by atoms with Gasteiger partial charge in [0, 0.05) is 6.42 Å². The SMILES string of the molecule is O=C1CCC(NC(=O)COc2ccc(F)cc2)C(=O)N1. The van der Waals surface area contributed by atoms with E-state index in [2.05, 4.69) is 10.6 Å². The Balaban J connectivity index is 1.79. The van der Waals surface area contributed by atoms with Gasteiger partial charge in [0.05, 0.1) is 0 Å². The predicted molar refractivity (Wildman–Crippen MR) is 66.2 cm³/mol. The topological polar surface area (TPSA) is 84.5 Å². The van der Waals surface area contributed by atoms with Crippen LogP contribution in [0.25, 0.3) is 0 Å². The van der Waals surface area contributed by atoms with Crippen molar-refractivity contribution >= 4 is 17.7 Å². The second-order valence-corrected chi connectivity index (χ2v) is 4.31. The first-order valence-electron chi connectivity index (χ1n) is 6.06. The third-order valence-corrected chi connectivity index (χ3v) is 2.76. The van der Waals surface area contributed by atoms with Gasteiger partial charge in [-0.2, -0.15) is 0 Å². The van der Waals surface area contributed by atoms with Crippen LogP contribution in [-0.2, 0) is 14.4 Å². The third-order valence-electron chi connectivity index (χ3n) is 2.76. The van der Waals surface area contributed by atoms with E-state index in [1.807, 2.05) is 0 Å². The maximum atomic E-state index is 12.7. The van der Waals surface area contributed by atoms with E-state index in [0.717, 1.165) is 0 Å². The average Bonchev–Trinajstić information content (AvgIpc) is 2.41. The van der Waals surface area contributed by atoms with Gasteiger partial charge in [-0.15, -0.1) is 0 Å². The van der Waals surface area contributed by atoms with Crippen molar-refractivity contribution in [2.75, 3.05) is 6.61 Å². The number of rotatable bonds is 4. The maximum absolute atomic E-state index is 12.7. The highest BCUT2D eigenvalue weighted by molar-refractivity contribution is 6.01. The van der Waals surface area contributed by atoms with Crippen LogP contribution in [0.3, 0.4) is 0 Å². The second kappa shape index (κ2) is 6.14. The van der Waals surface area contributed by atoms with Crippen molar-refractivity contribution in [2.45, 2.75) is 18.9 Å². The summed E-state index contributed by atoms with van der Waals surface area (Å²) < 4.78 is 17.8. The molecule has 1 aliphatic heterocycles. The number of benzene rings is 1. The minimum absolute atomic E-state index is 0.190. The monoisotopic (exact) mass is 280 g/mol. The van der Waals surface area contributed by atoms with Crippen molar-refractivity contribution in [1.82, 2.24) is 10.6 Å². The number of hydrogen-bond acceptors (Lipinski definition) is 4. The van der Waals surface area contributed by atoms with Crippen LogP contribution in [0.4, 0.5) is 4.39 Å². The van der Waals surface area contributed by atoms with E-state index in [1.165, 1.54) is 24.3 Å². The minimum atomic E-state index is -0.725. The lowest BCUT2D eigenvalue weighted by molar-refractivity contribution is -0.137. The summed E-state index contributed by atoms with van der Waals surface area (Å²) in [6.45, 7) is -0.288. The Bertz CT molecular complexity index is 530. The molecule has 1 fully saturated rings. The molecule has 20 heavy (non-hydrogen) atoms. The number of halogens is 1. The Hall–Kier alpha value is -2.44. The summed E-state index contributed by atoms with van der Waals surface area (Å²) in [5.41, 5.74) is 0.